The summed E-state index contributed by atoms with van der Waals surface area (Å²) in [6, 6.07) is 10.6. The third-order valence-electron chi connectivity index (χ3n) is 7.36. The van der Waals surface area contributed by atoms with Gasteiger partial charge in [0.2, 0.25) is 17.7 Å². The summed E-state index contributed by atoms with van der Waals surface area (Å²) in [7, 11) is 0. The van der Waals surface area contributed by atoms with Crippen LogP contribution in [0, 0.1) is 18.8 Å². The molecule has 31 heavy (non-hydrogen) atoms. The molecule has 2 aromatic carbocycles. The average Bonchev–Trinajstić information content (AvgIpc) is 3.42. The Morgan fingerprint density at radius 2 is 1.94 bits per heavy atom. The zero-order valence-corrected chi connectivity index (χ0v) is 19.0. The lowest BCUT2D eigenvalue weighted by Gasteiger charge is -2.36. The van der Waals surface area contributed by atoms with E-state index in [1.807, 2.05) is 25.1 Å². The smallest absolute Gasteiger partial charge is 0.250 e. The molecular formula is C23H19BrClN3O3. The van der Waals surface area contributed by atoms with Gasteiger partial charge in [0.15, 0.2) is 0 Å². The summed E-state index contributed by atoms with van der Waals surface area (Å²) in [6.45, 7) is 2.57. The number of amides is 3. The Morgan fingerprint density at radius 1 is 1.16 bits per heavy atom. The van der Waals surface area contributed by atoms with Gasteiger partial charge in [0.1, 0.15) is 5.54 Å². The molecule has 4 aliphatic heterocycles. The molecule has 1 spiro atoms. The number of anilines is 2. The number of nitrogens with one attached hydrogen (secondary N) is 1. The van der Waals surface area contributed by atoms with Gasteiger partial charge < -0.3 is 5.32 Å². The number of carbonyl (C=O) groups excluding carboxylic acids is 3. The zero-order chi connectivity index (χ0) is 21.7. The Balaban J connectivity index is 1.60. The maximum atomic E-state index is 13.9. The lowest BCUT2D eigenvalue weighted by Crippen LogP contribution is -2.54. The van der Waals surface area contributed by atoms with Crippen molar-refractivity contribution in [3.05, 3.63) is 57.0 Å². The zero-order valence-electron chi connectivity index (χ0n) is 16.7. The molecule has 0 aliphatic carbocycles. The standard InChI is InChI=1S/C23H19BrClN3O3/c1-11-9-12(25)10-13-19(11)26-22(31)23(13)18-17(16-7-4-8-27(16)23)20(29)28(21(18)30)15-6-3-2-5-14(15)24/h2-3,5-6,9-10,16-18H,4,7-8H2,1H3,(H,26,31). The third-order valence-corrected chi connectivity index (χ3v) is 8.25. The van der Waals surface area contributed by atoms with Crippen LogP contribution >= 0.6 is 27.5 Å². The van der Waals surface area contributed by atoms with Gasteiger partial charge in [-0.05, 0) is 72.1 Å². The van der Waals surface area contributed by atoms with Crippen LogP contribution in [0.5, 0.6) is 0 Å². The predicted octanol–water partition coefficient (Wildman–Crippen LogP) is 3.84. The second kappa shape index (κ2) is 6.40. The minimum atomic E-state index is -1.21. The van der Waals surface area contributed by atoms with Crippen LogP contribution in [0.25, 0.3) is 0 Å². The van der Waals surface area contributed by atoms with Crippen LogP contribution in [-0.4, -0.2) is 35.2 Å². The number of carbonyl (C=O) groups is 3. The number of para-hydroxylation sites is 1. The molecule has 0 aromatic heterocycles. The van der Waals surface area contributed by atoms with Crippen LogP contribution in [0.3, 0.4) is 0 Å². The molecule has 4 unspecified atom stereocenters. The number of imide groups is 1. The number of fused-ring (bicyclic) bond motifs is 7. The first-order valence-electron chi connectivity index (χ1n) is 10.4. The average molecular weight is 501 g/mol. The monoisotopic (exact) mass is 499 g/mol. The summed E-state index contributed by atoms with van der Waals surface area (Å²) in [4.78, 5) is 44.7. The maximum absolute atomic E-state index is 13.9. The van der Waals surface area contributed by atoms with Crippen molar-refractivity contribution >= 4 is 56.6 Å². The molecule has 158 valence electrons. The first kappa shape index (κ1) is 19.5. The Hall–Kier alpha value is -2.22. The molecule has 4 atom stereocenters. The van der Waals surface area contributed by atoms with Gasteiger partial charge in [0.25, 0.3) is 0 Å². The Morgan fingerprint density at radius 3 is 2.71 bits per heavy atom. The lowest BCUT2D eigenvalue weighted by molar-refractivity contribution is -0.135. The van der Waals surface area contributed by atoms with Crippen LogP contribution in [0.15, 0.2) is 40.9 Å². The van der Waals surface area contributed by atoms with Crippen molar-refractivity contribution in [2.75, 3.05) is 16.8 Å². The quantitative estimate of drug-likeness (QED) is 0.604. The van der Waals surface area contributed by atoms with Crippen molar-refractivity contribution in [1.82, 2.24) is 4.90 Å². The van der Waals surface area contributed by atoms with Crippen LogP contribution in [0.1, 0.15) is 24.0 Å². The second-order valence-electron chi connectivity index (χ2n) is 8.74. The highest BCUT2D eigenvalue weighted by molar-refractivity contribution is 9.10. The number of nitrogens with zero attached hydrogens (tertiary/aromatic N) is 2. The summed E-state index contributed by atoms with van der Waals surface area (Å²) in [5.41, 5.74) is 1.59. The van der Waals surface area contributed by atoms with Gasteiger partial charge in [-0.2, -0.15) is 0 Å². The molecule has 3 amide bonds. The number of hydrogen-bond donors (Lipinski definition) is 1. The molecule has 3 saturated heterocycles. The maximum Gasteiger partial charge on any atom is 0.250 e. The third kappa shape index (κ3) is 2.24. The van der Waals surface area contributed by atoms with Crippen molar-refractivity contribution in [2.24, 2.45) is 11.8 Å². The van der Waals surface area contributed by atoms with Crippen molar-refractivity contribution < 1.29 is 14.4 Å². The van der Waals surface area contributed by atoms with Gasteiger partial charge in [-0.25, -0.2) is 4.90 Å². The molecule has 0 radical (unpaired) electrons. The number of aryl methyl sites for hydroxylation is 1. The van der Waals surface area contributed by atoms with Crippen molar-refractivity contribution in [1.29, 1.82) is 0 Å². The normalized spacial score (nSPS) is 31.4. The fourth-order valence-corrected chi connectivity index (χ4v) is 7.04. The highest BCUT2D eigenvalue weighted by Crippen LogP contribution is 2.61. The second-order valence-corrected chi connectivity index (χ2v) is 10.0. The summed E-state index contributed by atoms with van der Waals surface area (Å²) in [5, 5.41) is 3.54. The van der Waals surface area contributed by atoms with E-state index in [4.69, 9.17) is 11.6 Å². The lowest BCUT2D eigenvalue weighted by atomic mass is 9.75. The van der Waals surface area contributed by atoms with Crippen LogP contribution in [-0.2, 0) is 19.9 Å². The number of halogens is 2. The number of rotatable bonds is 1. The number of hydrogen-bond acceptors (Lipinski definition) is 4. The first-order valence-corrected chi connectivity index (χ1v) is 11.6. The first-order chi connectivity index (χ1) is 14.9. The van der Waals surface area contributed by atoms with E-state index in [1.165, 1.54) is 4.90 Å². The Bertz CT molecular complexity index is 1200. The molecule has 3 fully saturated rings. The van der Waals surface area contributed by atoms with Gasteiger partial charge in [0, 0.05) is 26.8 Å². The fourth-order valence-electron chi connectivity index (χ4n) is 6.31. The van der Waals surface area contributed by atoms with Crippen molar-refractivity contribution in [2.45, 2.75) is 31.3 Å². The molecule has 0 bridgehead atoms. The van der Waals surface area contributed by atoms with Crippen molar-refractivity contribution in [3.8, 4) is 0 Å². The molecule has 6 nitrogen and oxygen atoms in total. The van der Waals surface area contributed by atoms with Gasteiger partial charge in [-0.1, -0.05) is 23.7 Å². The summed E-state index contributed by atoms with van der Waals surface area (Å²) in [6.07, 6.45) is 1.67. The Kier molecular flexibility index (Phi) is 4.02. The van der Waals surface area contributed by atoms with Gasteiger partial charge >= 0.3 is 0 Å². The van der Waals surface area contributed by atoms with Gasteiger partial charge in [0.05, 0.1) is 17.5 Å². The molecular weight excluding hydrogens is 482 g/mol. The fraction of sp³-hybridized carbons (Fsp3) is 0.348. The Labute approximate surface area is 192 Å². The molecule has 8 heteroatoms. The van der Waals surface area contributed by atoms with E-state index in [-0.39, 0.29) is 23.8 Å². The SMILES string of the molecule is Cc1cc(Cl)cc2c1NC(=O)C21C2C(=O)N(c3ccccc3Br)C(=O)C2C2CCCN21. The predicted molar refractivity (Wildman–Crippen MR) is 120 cm³/mol. The molecule has 4 aliphatic rings. The van der Waals surface area contributed by atoms with E-state index in [0.29, 0.717) is 27.4 Å². The minimum absolute atomic E-state index is 0.148. The van der Waals surface area contributed by atoms with Crippen molar-refractivity contribution in [3.63, 3.8) is 0 Å². The van der Waals surface area contributed by atoms with E-state index in [1.54, 1.807) is 18.2 Å². The highest BCUT2D eigenvalue weighted by atomic mass is 79.9. The molecule has 1 N–H and O–H groups in total. The van der Waals surface area contributed by atoms with Crippen LogP contribution < -0.4 is 10.2 Å². The molecule has 2 aromatic rings. The molecule has 4 heterocycles. The van der Waals surface area contributed by atoms with E-state index in [2.05, 4.69) is 26.1 Å². The van der Waals surface area contributed by atoms with Crippen LogP contribution in [0.4, 0.5) is 11.4 Å². The molecule has 6 rings (SSSR count). The van der Waals surface area contributed by atoms with E-state index < -0.39 is 17.4 Å². The van der Waals surface area contributed by atoms with Gasteiger partial charge in [-0.3, -0.25) is 19.3 Å². The molecule has 0 saturated carbocycles. The largest absolute Gasteiger partial charge is 0.324 e. The highest BCUT2D eigenvalue weighted by Gasteiger charge is 2.74. The van der Waals surface area contributed by atoms with E-state index >= 15 is 0 Å². The topological polar surface area (TPSA) is 69.7 Å². The van der Waals surface area contributed by atoms with Crippen LogP contribution in [0.2, 0.25) is 5.02 Å². The summed E-state index contributed by atoms with van der Waals surface area (Å²) in [5.74, 6) is -2.12. The number of benzene rings is 2. The minimum Gasteiger partial charge on any atom is -0.324 e. The van der Waals surface area contributed by atoms with E-state index in [9.17, 15) is 14.4 Å². The van der Waals surface area contributed by atoms with Gasteiger partial charge in [-0.15, -0.1) is 0 Å². The summed E-state index contributed by atoms with van der Waals surface area (Å²) >= 11 is 9.88. The van der Waals surface area contributed by atoms with E-state index in [0.717, 1.165) is 24.0 Å². The summed E-state index contributed by atoms with van der Waals surface area (Å²) < 4.78 is 0.671.